The van der Waals surface area contributed by atoms with Crippen LogP contribution in [-0.4, -0.2) is 62.7 Å². The largest absolute Gasteiger partial charge is 0.354 e. The molecule has 8 nitrogen and oxygen atoms in total. The van der Waals surface area contributed by atoms with Crippen LogP contribution in [0.25, 0.3) is 0 Å². The van der Waals surface area contributed by atoms with Crippen molar-refractivity contribution in [3.63, 3.8) is 0 Å². The summed E-state index contributed by atoms with van der Waals surface area (Å²) in [5, 5.41) is 3.34. The zero-order valence-corrected chi connectivity index (χ0v) is 25.2. The van der Waals surface area contributed by atoms with E-state index in [1.165, 1.54) is 31.1 Å². The van der Waals surface area contributed by atoms with Gasteiger partial charge in [0.15, 0.2) is 0 Å². The fourth-order valence-electron chi connectivity index (χ4n) is 4.11. The van der Waals surface area contributed by atoms with Gasteiger partial charge in [0, 0.05) is 38.6 Å². The lowest BCUT2D eigenvalue weighted by molar-refractivity contribution is -0.140. The van der Waals surface area contributed by atoms with Gasteiger partial charge in [-0.05, 0) is 47.4 Å². The Labute approximate surface area is 246 Å². The minimum absolute atomic E-state index is 0.0373. The molecule has 11 heteroatoms. The third kappa shape index (κ3) is 8.76. The van der Waals surface area contributed by atoms with Crippen molar-refractivity contribution in [1.82, 2.24) is 14.5 Å². The molecule has 2 amide bonds. The molecule has 0 aromatic heterocycles. The molecule has 0 radical (unpaired) electrons. The maximum absolute atomic E-state index is 14.2. The number of nitrogens with zero attached hydrogens (tertiary/aromatic N) is 3. The number of benzene rings is 3. The summed E-state index contributed by atoms with van der Waals surface area (Å²) < 4.78 is 42.3. The Morgan fingerprint density at radius 2 is 1.54 bits per heavy atom. The second-order valence-corrected chi connectivity index (χ2v) is 12.7. The van der Waals surface area contributed by atoms with E-state index in [0.717, 1.165) is 26.3 Å². The average Bonchev–Trinajstić information content (AvgIpc) is 2.94. The third-order valence-electron chi connectivity index (χ3n) is 6.39. The second-order valence-electron chi connectivity index (χ2n) is 10.2. The molecule has 1 N–H and O–H groups in total. The first kappa shape index (κ1) is 32.0. The monoisotopic (exact) mass is 602 g/mol. The van der Waals surface area contributed by atoms with Crippen LogP contribution in [0.1, 0.15) is 25.0 Å². The predicted molar refractivity (Wildman–Crippen MR) is 160 cm³/mol. The summed E-state index contributed by atoms with van der Waals surface area (Å²) in [4.78, 5) is 29.2. The first-order valence-electron chi connectivity index (χ1n) is 13.2. The number of anilines is 1. The summed E-state index contributed by atoms with van der Waals surface area (Å²) in [7, 11) is -1.49. The molecule has 0 unspecified atom stereocenters. The lowest BCUT2D eigenvalue weighted by Crippen LogP contribution is -2.54. The maximum Gasteiger partial charge on any atom is 0.304 e. The van der Waals surface area contributed by atoms with E-state index in [2.05, 4.69) is 5.32 Å². The maximum atomic E-state index is 14.2. The van der Waals surface area contributed by atoms with Gasteiger partial charge >= 0.3 is 10.2 Å². The summed E-state index contributed by atoms with van der Waals surface area (Å²) in [5.41, 5.74) is 1.53. The van der Waals surface area contributed by atoms with E-state index in [0.29, 0.717) is 17.1 Å². The Hall–Kier alpha value is -3.47. The summed E-state index contributed by atoms with van der Waals surface area (Å²) in [5.74, 6) is -1.37. The zero-order chi connectivity index (χ0) is 30.2. The van der Waals surface area contributed by atoms with Gasteiger partial charge in [-0.3, -0.25) is 9.59 Å². The number of halogens is 2. The van der Waals surface area contributed by atoms with Crippen LogP contribution in [0.15, 0.2) is 78.9 Å². The lowest BCUT2D eigenvalue weighted by atomic mass is 10.0. The van der Waals surface area contributed by atoms with E-state index < -0.39 is 34.5 Å². The van der Waals surface area contributed by atoms with E-state index in [4.69, 9.17) is 11.6 Å². The van der Waals surface area contributed by atoms with Crippen LogP contribution in [0.3, 0.4) is 0 Å². The highest BCUT2D eigenvalue weighted by atomic mass is 35.5. The molecule has 0 saturated carbocycles. The van der Waals surface area contributed by atoms with Crippen LogP contribution in [0, 0.1) is 11.7 Å². The standard InChI is InChI=1S/C30H36ClFN4O4S/c1-22(2)19-33-30(38)28(18-23-10-6-5-7-11-23)35(20-24-12-8-9-13-27(24)31)29(37)21-36(41(39,40)34(3)4)26-16-14-25(32)15-17-26/h5-17,22,28H,18-21H2,1-4H3,(H,33,38)/t28-/m1/s1. The van der Waals surface area contributed by atoms with Crippen molar-refractivity contribution in [2.24, 2.45) is 5.92 Å². The first-order chi connectivity index (χ1) is 19.4. The number of carbonyl (C=O) groups is 2. The van der Waals surface area contributed by atoms with Gasteiger partial charge in [0.1, 0.15) is 18.4 Å². The van der Waals surface area contributed by atoms with Crippen molar-refractivity contribution in [2.75, 3.05) is 31.5 Å². The van der Waals surface area contributed by atoms with E-state index in [1.807, 2.05) is 44.2 Å². The van der Waals surface area contributed by atoms with Gasteiger partial charge in [0.25, 0.3) is 0 Å². The summed E-state index contributed by atoms with van der Waals surface area (Å²) in [6.07, 6.45) is 0.192. The molecule has 0 fully saturated rings. The highest BCUT2D eigenvalue weighted by molar-refractivity contribution is 7.90. The molecule has 0 spiro atoms. The quantitative estimate of drug-likeness (QED) is 0.312. The number of carbonyl (C=O) groups excluding carboxylic acids is 2. The third-order valence-corrected chi connectivity index (χ3v) is 8.58. The molecule has 3 rings (SSSR count). The first-order valence-corrected chi connectivity index (χ1v) is 15.0. The van der Waals surface area contributed by atoms with Gasteiger partial charge < -0.3 is 10.2 Å². The minimum Gasteiger partial charge on any atom is -0.354 e. The Morgan fingerprint density at radius 1 is 0.927 bits per heavy atom. The van der Waals surface area contributed by atoms with Gasteiger partial charge in [-0.25, -0.2) is 8.70 Å². The molecule has 0 heterocycles. The molecular formula is C30H36ClFN4O4S. The van der Waals surface area contributed by atoms with Gasteiger partial charge in [-0.15, -0.1) is 0 Å². The molecule has 0 aliphatic carbocycles. The van der Waals surface area contributed by atoms with Crippen LogP contribution < -0.4 is 9.62 Å². The summed E-state index contributed by atoms with van der Waals surface area (Å²) >= 11 is 6.46. The minimum atomic E-state index is -4.17. The van der Waals surface area contributed by atoms with Gasteiger partial charge in [-0.2, -0.15) is 12.7 Å². The molecule has 0 aliphatic rings. The van der Waals surface area contributed by atoms with Crippen LogP contribution in [-0.2, 0) is 32.8 Å². The van der Waals surface area contributed by atoms with Gasteiger partial charge in [-0.1, -0.05) is 74.0 Å². The fraction of sp³-hybridized carbons (Fsp3) is 0.333. The molecule has 3 aromatic rings. The molecule has 0 aliphatic heterocycles. The average molecular weight is 603 g/mol. The second kappa shape index (κ2) is 14.4. The summed E-state index contributed by atoms with van der Waals surface area (Å²) in [6.45, 7) is 3.66. The molecule has 0 bridgehead atoms. The zero-order valence-electron chi connectivity index (χ0n) is 23.6. The topological polar surface area (TPSA) is 90.0 Å². The van der Waals surface area contributed by atoms with Crippen molar-refractivity contribution in [2.45, 2.75) is 32.9 Å². The van der Waals surface area contributed by atoms with Crippen LogP contribution in [0.5, 0.6) is 0 Å². The molecule has 41 heavy (non-hydrogen) atoms. The smallest absolute Gasteiger partial charge is 0.304 e. The van der Waals surface area contributed by atoms with Gasteiger partial charge in [0.05, 0.1) is 5.69 Å². The van der Waals surface area contributed by atoms with E-state index >= 15 is 0 Å². The van der Waals surface area contributed by atoms with E-state index in [-0.39, 0.29) is 30.5 Å². The number of amides is 2. The van der Waals surface area contributed by atoms with Gasteiger partial charge in [0.2, 0.25) is 11.8 Å². The van der Waals surface area contributed by atoms with Crippen molar-refractivity contribution >= 4 is 39.3 Å². The summed E-state index contributed by atoms with van der Waals surface area (Å²) in [6, 6.07) is 20.1. The van der Waals surface area contributed by atoms with Crippen LogP contribution in [0.2, 0.25) is 5.02 Å². The van der Waals surface area contributed by atoms with E-state index in [9.17, 15) is 22.4 Å². The number of hydrogen-bond donors (Lipinski definition) is 1. The van der Waals surface area contributed by atoms with Crippen LogP contribution in [0.4, 0.5) is 10.1 Å². The van der Waals surface area contributed by atoms with Crippen molar-refractivity contribution < 1.29 is 22.4 Å². The molecule has 0 saturated heterocycles. The SMILES string of the molecule is CC(C)CNC(=O)[C@@H](Cc1ccccc1)N(Cc1ccccc1Cl)C(=O)CN(c1ccc(F)cc1)S(=O)(=O)N(C)C. The Balaban J connectivity index is 2.09. The van der Waals surface area contributed by atoms with Crippen LogP contribution >= 0.6 is 11.6 Å². The Bertz CT molecular complexity index is 1420. The van der Waals surface area contributed by atoms with E-state index in [1.54, 1.807) is 24.3 Å². The number of nitrogens with one attached hydrogen (secondary N) is 1. The molecule has 1 atom stereocenters. The normalized spacial score (nSPS) is 12.3. The molecule has 220 valence electrons. The van der Waals surface area contributed by atoms with Crippen molar-refractivity contribution in [3.8, 4) is 0 Å². The fourth-order valence-corrected chi connectivity index (χ4v) is 5.36. The highest BCUT2D eigenvalue weighted by Crippen LogP contribution is 2.24. The van der Waals surface area contributed by atoms with Crippen molar-refractivity contribution in [3.05, 3.63) is 101 Å². The predicted octanol–water partition coefficient (Wildman–Crippen LogP) is 4.50. The number of rotatable bonds is 13. The molecular weight excluding hydrogens is 567 g/mol. The molecule has 3 aromatic carbocycles. The lowest BCUT2D eigenvalue weighted by Gasteiger charge is -2.34. The Morgan fingerprint density at radius 3 is 2.12 bits per heavy atom. The number of hydrogen-bond acceptors (Lipinski definition) is 4. The highest BCUT2D eigenvalue weighted by Gasteiger charge is 2.35. The Kier molecular flexibility index (Phi) is 11.3. The van der Waals surface area contributed by atoms with Crippen molar-refractivity contribution in [1.29, 1.82) is 0 Å².